The molecule has 6 nitrogen and oxygen atoms in total. The summed E-state index contributed by atoms with van der Waals surface area (Å²) < 4.78 is 0. The Balaban J connectivity index is -0.0000000157. The molecule has 0 aliphatic carbocycles. The molecular weight excluding hydrogens is 522 g/mol. The van der Waals surface area contributed by atoms with E-state index in [1.165, 1.54) is 14.1 Å². The number of hydrogen-bond donors (Lipinski definition) is 6. The Morgan fingerprint density at radius 2 is 0.655 bits per heavy atom. The average Bonchev–Trinajstić information content (AvgIpc) is 2.54. The van der Waals surface area contributed by atoms with Gasteiger partial charge in [0.25, 0.3) is 0 Å². The number of aliphatic hydroxyl groups excluding tert-OH is 1. The third-order valence-electron chi connectivity index (χ3n) is 1.51. The summed E-state index contributed by atoms with van der Waals surface area (Å²) in [6.45, 7) is -0.750. The van der Waals surface area contributed by atoms with Crippen LogP contribution < -0.4 is 11.5 Å². The molecule has 0 heterocycles. The summed E-state index contributed by atoms with van der Waals surface area (Å²) in [7, 11) is 3.00. The molecule has 0 spiro atoms. The van der Waals surface area contributed by atoms with Crippen molar-refractivity contribution in [3.63, 3.8) is 0 Å². The van der Waals surface area contributed by atoms with E-state index in [0.717, 1.165) is 0 Å². The van der Waals surface area contributed by atoms with Crippen LogP contribution in [0.3, 0.4) is 0 Å². The number of nitrogens with two attached hydrogens (primary N) is 2. The second-order valence-electron chi connectivity index (χ2n) is 2.81. The Bertz CT molecular complexity index is 347. The number of aromatic hydroxyl groups is 2. The molecule has 0 bridgehead atoms. The van der Waals surface area contributed by atoms with E-state index in [-0.39, 0.29) is 110 Å². The summed E-state index contributed by atoms with van der Waals surface area (Å²) in [6.07, 6.45) is 0. The van der Waals surface area contributed by atoms with Crippen molar-refractivity contribution in [3.8, 4) is 11.5 Å². The fraction of sp³-hybridized carbons (Fsp3) is 0.429. The van der Waals surface area contributed by atoms with Crippen LogP contribution in [0.15, 0.2) is 60.7 Å². The summed E-state index contributed by atoms with van der Waals surface area (Å²) in [6, 6.07) is 17.4. The first-order chi connectivity index (χ1) is 10.2. The van der Waals surface area contributed by atoms with E-state index in [1.807, 2.05) is 12.1 Å². The molecule has 2 radical (unpaired) electrons. The maximum atomic E-state index is 8.63. The van der Waals surface area contributed by atoms with Crippen LogP contribution in [0.5, 0.6) is 11.5 Å². The van der Waals surface area contributed by atoms with Crippen molar-refractivity contribution in [1.29, 1.82) is 0 Å². The van der Waals surface area contributed by atoms with Gasteiger partial charge in [-0.15, -0.1) is 0 Å². The molecule has 8 heteroatoms. The molecule has 0 saturated carbocycles. The summed E-state index contributed by atoms with van der Waals surface area (Å²) >= 11 is 0. The number of phenols is 2. The fourth-order valence-electron chi connectivity index (χ4n) is 0.856. The maximum absolute atomic E-state index is 8.63. The molecule has 0 saturated heterocycles. The van der Waals surface area contributed by atoms with E-state index in [9.17, 15) is 0 Å². The van der Waals surface area contributed by atoms with Gasteiger partial charge in [-0.25, -0.2) is 0 Å². The van der Waals surface area contributed by atoms with Gasteiger partial charge in [-0.1, -0.05) is 81.0 Å². The monoisotopic (exact) mass is 572 g/mol. The van der Waals surface area contributed by atoms with E-state index in [2.05, 4.69) is 11.5 Å². The second kappa shape index (κ2) is 70.6. The molecule has 174 valence electrons. The van der Waals surface area contributed by atoms with Gasteiger partial charge < -0.3 is 31.9 Å². The number of phenolic OH excluding ortho intramolecular Hbond substituents is 2. The van der Waals surface area contributed by atoms with Crippen molar-refractivity contribution in [2.45, 2.75) is 44.6 Å². The average molecular weight is 572 g/mol. The Hall–Kier alpha value is 0.0878. The minimum Gasteiger partial charge on any atom is -0.508 e. The van der Waals surface area contributed by atoms with Gasteiger partial charge in [-0.05, 0) is 38.4 Å². The summed E-state index contributed by atoms with van der Waals surface area (Å²) in [4.78, 5) is 0. The van der Waals surface area contributed by atoms with E-state index < -0.39 is 6.79 Å². The normalized spacial score (nSPS) is 5.17. The molecule has 2 rings (SSSR count). The quantitative estimate of drug-likeness (QED) is 0.254. The van der Waals surface area contributed by atoms with Gasteiger partial charge in [0.05, 0.1) is 0 Å². The first kappa shape index (κ1) is 70.1. The predicted molar refractivity (Wildman–Crippen MR) is 126 cm³/mol. The van der Waals surface area contributed by atoms with Crippen molar-refractivity contribution in [2.24, 2.45) is 11.5 Å². The van der Waals surface area contributed by atoms with Gasteiger partial charge >= 0.3 is 0 Å². The topological polar surface area (TPSA) is 133 Å². The van der Waals surface area contributed by atoms with Crippen molar-refractivity contribution in [3.05, 3.63) is 60.7 Å². The molecule has 8 N–H and O–H groups in total. The van der Waals surface area contributed by atoms with Crippen molar-refractivity contribution < 1.29 is 85.8 Å². The Kier molecular flexibility index (Phi) is 171. The molecular formula is C21H50N2O4Y2. The first-order valence-corrected chi connectivity index (χ1v) is 6.06. The van der Waals surface area contributed by atoms with Crippen molar-refractivity contribution in [2.75, 3.05) is 20.9 Å². The Morgan fingerprint density at radius 1 is 0.517 bits per heavy atom. The molecule has 0 aliphatic rings. The molecule has 0 amide bonds. The SMILES string of the molecule is C.C.C.C.C.C.CN.CN.OCO.Oc1ccccc1.Oc1ccccc1.[Y].[Y]. The van der Waals surface area contributed by atoms with Crippen molar-refractivity contribution >= 4 is 0 Å². The molecule has 0 fully saturated rings. The van der Waals surface area contributed by atoms with E-state index in [0.29, 0.717) is 11.5 Å². The van der Waals surface area contributed by atoms with Crippen LogP contribution in [0.1, 0.15) is 44.6 Å². The molecule has 0 atom stereocenters. The van der Waals surface area contributed by atoms with Gasteiger partial charge in [0, 0.05) is 65.4 Å². The van der Waals surface area contributed by atoms with Gasteiger partial charge in [-0.2, -0.15) is 0 Å². The van der Waals surface area contributed by atoms with Crippen LogP contribution in [-0.2, 0) is 65.4 Å². The third kappa shape index (κ3) is 73.9. The smallest absolute Gasteiger partial charge is 0.140 e. The van der Waals surface area contributed by atoms with Crippen LogP contribution in [0.4, 0.5) is 0 Å². The van der Waals surface area contributed by atoms with Crippen LogP contribution in [-0.4, -0.2) is 41.3 Å². The van der Waals surface area contributed by atoms with Gasteiger partial charge in [0.1, 0.15) is 18.3 Å². The first-order valence-electron chi connectivity index (χ1n) is 6.06. The zero-order valence-electron chi connectivity index (χ0n) is 13.6. The zero-order valence-corrected chi connectivity index (χ0v) is 19.3. The summed E-state index contributed by atoms with van der Waals surface area (Å²) in [5.74, 6) is 0.644. The molecule has 0 unspecified atom stereocenters. The largest absolute Gasteiger partial charge is 0.508 e. The van der Waals surface area contributed by atoms with E-state index in [4.69, 9.17) is 20.4 Å². The fourth-order valence-corrected chi connectivity index (χ4v) is 0.856. The zero-order chi connectivity index (χ0) is 16.9. The summed E-state index contributed by atoms with van der Waals surface area (Å²) in [5, 5.41) is 31.5. The van der Waals surface area contributed by atoms with Crippen molar-refractivity contribution in [1.82, 2.24) is 0 Å². The number of aliphatic hydroxyl groups is 2. The molecule has 0 aliphatic heterocycles. The predicted octanol–water partition coefficient (Wildman–Crippen LogP) is 4.67. The number of hydrogen-bond acceptors (Lipinski definition) is 6. The van der Waals surface area contributed by atoms with Gasteiger partial charge in [0.2, 0.25) is 0 Å². The van der Waals surface area contributed by atoms with Crippen LogP contribution >= 0.6 is 0 Å². The van der Waals surface area contributed by atoms with Crippen LogP contribution in [0.2, 0.25) is 0 Å². The molecule has 0 aromatic heterocycles. The standard InChI is InChI=1S/2C6H6O.2CH5N.CH4O2.6CH4.2Y/c2*7-6-4-2-1-3-5-6;2*1-2;2-1-3;;;;;;;;/h2*1-5,7H;2*2H2,1H3;2-3H,1H2;6*1H4;;. The summed E-state index contributed by atoms with van der Waals surface area (Å²) in [5.41, 5.74) is 9.00. The minimum atomic E-state index is -0.750. The molecule has 29 heavy (non-hydrogen) atoms. The van der Waals surface area contributed by atoms with Crippen LogP contribution in [0.25, 0.3) is 0 Å². The number of rotatable bonds is 0. The maximum Gasteiger partial charge on any atom is 0.140 e. The van der Waals surface area contributed by atoms with Gasteiger partial charge in [-0.3, -0.25) is 0 Å². The second-order valence-corrected chi connectivity index (χ2v) is 2.81. The van der Waals surface area contributed by atoms with E-state index in [1.54, 1.807) is 48.5 Å². The third-order valence-corrected chi connectivity index (χ3v) is 1.51. The Labute approximate surface area is 232 Å². The van der Waals surface area contributed by atoms with Gasteiger partial charge in [0.15, 0.2) is 0 Å². The van der Waals surface area contributed by atoms with E-state index >= 15 is 0 Å². The Morgan fingerprint density at radius 3 is 0.724 bits per heavy atom. The molecule has 2 aromatic rings. The number of benzene rings is 2. The minimum absolute atomic E-state index is 0. The molecule has 2 aromatic carbocycles. The van der Waals surface area contributed by atoms with Crippen LogP contribution in [0, 0.1) is 0 Å². The number of para-hydroxylation sites is 2.